The van der Waals surface area contributed by atoms with Crippen LogP contribution in [-0.4, -0.2) is 33.3 Å². The van der Waals surface area contributed by atoms with Crippen molar-refractivity contribution in [3.63, 3.8) is 0 Å². The molecular formula is C17H18N6O. The Morgan fingerprint density at radius 1 is 0.958 bits per heavy atom. The molecule has 1 aliphatic heterocycles. The molecule has 0 spiro atoms. The van der Waals surface area contributed by atoms with E-state index in [2.05, 4.69) is 30.4 Å². The van der Waals surface area contributed by atoms with Gasteiger partial charge in [0.15, 0.2) is 0 Å². The minimum atomic E-state index is 0.281. The third-order valence-electron chi connectivity index (χ3n) is 4.14. The summed E-state index contributed by atoms with van der Waals surface area (Å²) in [5.74, 6) is 1.76. The summed E-state index contributed by atoms with van der Waals surface area (Å²) >= 11 is 0. The number of rotatable bonds is 4. The van der Waals surface area contributed by atoms with Crippen molar-refractivity contribution in [2.75, 3.05) is 23.3 Å². The van der Waals surface area contributed by atoms with Crippen LogP contribution in [0.1, 0.15) is 24.7 Å². The Morgan fingerprint density at radius 2 is 1.71 bits per heavy atom. The van der Waals surface area contributed by atoms with Crippen LogP contribution in [0, 0.1) is 0 Å². The highest BCUT2D eigenvalue weighted by Crippen LogP contribution is 2.29. The van der Waals surface area contributed by atoms with Gasteiger partial charge in [-0.1, -0.05) is 23.3 Å². The van der Waals surface area contributed by atoms with Gasteiger partial charge in [0, 0.05) is 37.1 Å². The molecule has 24 heavy (non-hydrogen) atoms. The lowest BCUT2D eigenvalue weighted by Gasteiger charge is -2.30. The minimum absolute atomic E-state index is 0.281. The summed E-state index contributed by atoms with van der Waals surface area (Å²) in [7, 11) is 0. The zero-order valence-corrected chi connectivity index (χ0v) is 13.2. The highest BCUT2D eigenvalue weighted by molar-refractivity contribution is 5.51. The van der Waals surface area contributed by atoms with Crippen molar-refractivity contribution < 1.29 is 4.42 Å². The highest BCUT2D eigenvalue weighted by Gasteiger charge is 2.26. The number of hydrogen-bond acceptors (Lipinski definition) is 7. The number of aromatic nitrogens is 4. The fraction of sp³-hybridized carbons (Fsp3) is 0.294. The summed E-state index contributed by atoms with van der Waals surface area (Å²) in [4.78, 5) is 10.8. The van der Waals surface area contributed by atoms with Gasteiger partial charge >= 0.3 is 6.01 Å². The largest absolute Gasteiger partial charge is 0.408 e. The van der Waals surface area contributed by atoms with Gasteiger partial charge in [-0.05, 0) is 31.0 Å². The maximum absolute atomic E-state index is 5.78. The molecule has 0 bridgehead atoms. The van der Waals surface area contributed by atoms with Crippen molar-refractivity contribution in [1.82, 2.24) is 20.2 Å². The maximum Gasteiger partial charge on any atom is 0.320 e. The van der Waals surface area contributed by atoms with Crippen LogP contribution in [0.25, 0.3) is 0 Å². The Morgan fingerprint density at radius 3 is 2.46 bits per heavy atom. The van der Waals surface area contributed by atoms with E-state index in [1.807, 2.05) is 36.4 Å². The van der Waals surface area contributed by atoms with Gasteiger partial charge in [-0.3, -0.25) is 0 Å². The number of hydrogen-bond donors (Lipinski definition) is 1. The van der Waals surface area contributed by atoms with Crippen molar-refractivity contribution in [3.05, 3.63) is 54.7 Å². The first-order chi connectivity index (χ1) is 11.9. The number of nitrogens with one attached hydrogen (secondary N) is 1. The molecule has 1 fully saturated rings. The van der Waals surface area contributed by atoms with Crippen LogP contribution in [0.4, 0.5) is 17.7 Å². The number of nitrogens with zero attached hydrogens (tertiary/aromatic N) is 5. The standard InChI is InChI=1S/C17H18N6O/c1-2-5-14(6-3-1)20-17-22-21-15(24-17)13-7-11-23(12-8-13)16-18-9-4-10-19-16/h1-6,9-10,13H,7-8,11-12H2,(H,20,22). The smallest absolute Gasteiger partial charge is 0.320 e. The molecule has 0 aliphatic carbocycles. The van der Waals surface area contributed by atoms with E-state index in [0.29, 0.717) is 11.9 Å². The summed E-state index contributed by atoms with van der Waals surface area (Å²) in [5, 5.41) is 11.4. The van der Waals surface area contributed by atoms with Crippen LogP contribution in [0.3, 0.4) is 0 Å². The molecule has 0 atom stereocenters. The second-order valence-electron chi connectivity index (χ2n) is 5.75. The van der Waals surface area contributed by atoms with Crippen LogP contribution in [0.5, 0.6) is 0 Å². The minimum Gasteiger partial charge on any atom is -0.408 e. The molecule has 0 unspecified atom stereocenters. The first kappa shape index (κ1) is 14.6. The maximum atomic E-state index is 5.78. The van der Waals surface area contributed by atoms with Gasteiger partial charge in [0.2, 0.25) is 11.8 Å². The van der Waals surface area contributed by atoms with Gasteiger partial charge in [-0.15, -0.1) is 5.10 Å². The van der Waals surface area contributed by atoms with Gasteiger partial charge in [0.05, 0.1) is 0 Å². The lowest BCUT2D eigenvalue weighted by Crippen LogP contribution is -2.34. The van der Waals surface area contributed by atoms with Crippen molar-refractivity contribution in [2.24, 2.45) is 0 Å². The van der Waals surface area contributed by atoms with Crippen LogP contribution < -0.4 is 10.2 Å². The second-order valence-corrected chi connectivity index (χ2v) is 5.75. The van der Waals surface area contributed by atoms with E-state index in [1.165, 1.54) is 0 Å². The summed E-state index contributed by atoms with van der Waals surface area (Å²) in [6.45, 7) is 1.77. The molecular weight excluding hydrogens is 304 g/mol. The fourth-order valence-corrected chi connectivity index (χ4v) is 2.88. The zero-order chi connectivity index (χ0) is 16.2. The number of benzene rings is 1. The summed E-state index contributed by atoms with van der Waals surface area (Å²) in [5.41, 5.74) is 0.934. The first-order valence-electron chi connectivity index (χ1n) is 8.06. The van der Waals surface area contributed by atoms with Crippen molar-refractivity contribution >= 4 is 17.7 Å². The van der Waals surface area contributed by atoms with Gasteiger partial charge in [-0.25, -0.2) is 9.97 Å². The Balaban J connectivity index is 1.38. The summed E-state index contributed by atoms with van der Waals surface area (Å²) in [6, 6.07) is 12.1. The monoisotopic (exact) mass is 322 g/mol. The number of piperidine rings is 1. The SMILES string of the molecule is c1ccc(Nc2nnc(C3CCN(c4ncccn4)CC3)o2)cc1. The van der Waals surface area contributed by atoms with Gasteiger partial charge in [0.1, 0.15) is 0 Å². The predicted molar refractivity (Wildman–Crippen MR) is 90.2 cm³/mol. The predicted octanol–water partition coefficient (Wildman–Crippen LogP) is 2.99. The lowest BCUT2D eigenvalue weighted by atomic mass is 9.97. The molecule has 0 amide bonds. The quantitative estimate of drug-likeness (QED) is 0.791. The van der Waals surface area contributed by atoms with Crippen LogP contribution in [0.15, 0.2) is 53.2 Å². The van der Waals surface area contributed by atoms with E-state index >= 15 is 0 Å². The molecule has 4 rings (SSSR count). The fourth-order valence-electron chi connectivity index (χ4n) is 2.88. The normalized spacial score (nSPS) is 15.4. The average Bonchev–Trinajstić information content (AvgIpc) is 3.12. The second kappa shape index (κ2) is 6.66. The van der Waals surface area contributed by atoms with E-state index < -0.39 is 0 Å². The molecule has 0 saturated carbocycles. The first-order valence-corrected chi connectivity index (χ1v) is 8.06. The van der Waals surface area contributed by atoms with Gasteiger partial charge in [-0.2, -0.15) is 0 Å². The zero-order valence-electron chi connectivity index (χ0n) is 13.2. The van der Waals surface area contributed by atoms with Gasteiger partial charge < -0.3 is 14.6 Å². The van der Waals surface area contributed by atoms with E-state index in [-0.39, 0.29) is 5.92 Å². The van der Waals surface area contributed by atoms with Crippen LogP contribution in [-0.2, 0) is 0 Å². The molecule has 1 aromatic carbocycles. The Bertz CT molecular complexity index is 768. The Hall–Kier alpha value is -2.96. The van der Waals surface area contributed by atoms with Gasteiger partial charge in [0.25, 0.3) is 0 Å². The molecule has 1 N–H and O–H groups in total. The molecule has 1 saturated heterocycles. The van der Waals surface area contributed by atoms with E-state index in [4.69, 9.17) is 4.42 Å². The lowest BCUT2D eigenvalue weighted by molar-refractivity contribution is 0.398. The third kappa shape index (κ3) is 3.19. The number of para-hydroxylation sites is 1. The third-order valence-corrected chi connectivity index (χ3v) is 4.14. The molecule has 1 aliphatic rings. The molecule has 2 aromatic heterocycles. The summed E-state index contributed by atoms with van der Waals surface area (Å²) < 4.78 is 5.78. The molecule has 7 heteroatoms. The van der Waals surface area contributed by atoms with Crippen molar-refractivity contribution in [2.45, 2.75) is 18.8 Å². The summed E-state index contributed by atoms with van der Waals surface area (Å²) in [6.07, 6.45) is 5.44. The molecule has 0 radical (unpaired) electrons. The van der Waals surface area contributed by atoms with Crippen LogP contribution in [0.2, 0.25) is 0 Å². The van der Waals surface area contributed by atoms with E-state index in [0.717, 1.165) is 37.6 Å². The Labute approximate surface area is 139 Å². The highest BCUT2D eigenvalue weighted by atomic mass is 16.4. The van der Waals surface area contributed by atoms with E-state index in [1.54, 1.807) is 12.4 Å². The molecule has 7 nitrogen and oxygen atoms in total. The van der Waals surface area contributed by atoms with Crippen LogP contribution >= 0.6 is 0 Å². The average molecular weight is 322 g/mol. The number of anilines is 3. The van der Waals surface area contributed by atoms with Crippen molar-refractivity contribution in [1.29, 1.82) is 0 Å². The van der Waals surface area contributed by atoms with Crippen molar-refractivity contribution in [3.8, 4) is 0 Å². The Kier molecular flexibility index (Phi) is 4.05. The molecule has 3 aromatic rings. The molecule has 122 valence electrons. The topological polar surface area (TPSA) is 80.0 Å². The molecule has 3 heterocycles. The van der Waals surface area contributed by atoms with E-state index in [9.17, 15) is 0 Å².